The third kappa shape index (κ3) is 3.40. The van der Waals surface area contributed by atoms with E-state index in [-0.39, 0.29) is 12.5 Å². The molecule has 23 heavy (non-hydrogen) atoms. The standard InChI is InChI=1S/C15H19ClN2O4S/c1-23(20,21)18-9-6-14(15(19)17-7-2-3-8-17)22-13-5-4-11(16)10-12(13)18/h4-5,10,14H,2-3,6-9H2,1H3/t14-/m0/s1. The van der Waals surface area contributed by atoms with E-state index in [4.69, 9.17) is 16.3 Å². The van der Waals surface area contributed by atoms with Crippen LogP contribution in [0.25, 0.3) is 0 Å². The van der Waals surface area contributed by atoms with Gasteiger partial charge in [-0.2, -0.15) is 0 Å². The first-order valence-electron chi connectivity index (χ1n) is 7.59. The summed E-state index contributed by atoms with van der Waals surface area (Å²) in [4.78, 5) is 14.4. The Morgan fingerprint density at radius 1 is 1.26 bits per heavy atom. The van der Waals surface area contributed by atoms with Crippen LogP contribution in [0.2, 0.25) is 5.02 Å². The number of sulfonamides is 1. The molecule has 2 aliphatic rings. The minimum atomic E-state index is -3.48. The molecule has 8 heteroatoms. The largest absolute Gasteiger partial charge is 0.478 e. The molecule has 1 atom stereocenters. The predicted octanol–water partition coefficient (Wildman–Crippen LogP) is 1.88. The van der Waals surface area contributed by atoms with Gasteiger partial charge in [0.25, 0.3) is 5.91 Å². The van der Waals surface area contributed by atoms with E-state index < -0.39 is 16.1 Å². The van der Waals surface area contributed by atoms with Crippen LogP contribution >= 0.6 is 11.6 Å². The highest BCUT2D eigenvalue weighted by Gasteiger charge is 2.34. The Morgan fingerprint density at radius 3 is 2.61 bits per heavy atom. The Morgan fingerprint density at radius 2 is 1.96 bits per heavy atom. The van der Waals surface area contributed by atoms with Gasteiger partial charge in [0.05, 0.1) is 11.9 Å². The fourth-order valence-corrected chi connectivity index (χ4v) is 4.12. The molecule has 1 saturated heterocycles. The summed E-state index contributed by atoms with van der Waals surface area (Å²) in [6, 6.07) is 4.80. The van der Waals surface area contributed by atoms with Crippen molar-refractivity contribution in [2.24, 2.45) is 0 Å². The van der Waals surface area contributed by atoms with Gasteiger partial charge in [0.2, 0.25) is 10.0 Å². The number of fused-ring (bicyclic) bond motifs is 1. The van der Waals surface area contributed by atoms with Gasteiger partial charge >= 0.3 is 0 Å². The highest BCUT2D eigenvalue weighted by Crippen LogP contribution is 2.36. The molecule has 0 aromatic heterocycles. The summed E-state index contributed by atoms with van der Waals surface area (Å²) < 4.78 is 31.3. The second-order valence-electron chi connectivity index (χ2n) is 5.87. The van der Waals surface area contributed by atoms with E-state index >= 15 is 0 Å². The molecule has 0 saturated carbocycles. The van der Waals surface area contributed by atoms with Crippen molar-refractivity contribution in [3.8, 4) is 5.75 Å². The van der Waals surface area contributed by atoms with E-state index in [0.717, 1.165) is 32.2 Å². The number of amides is 1. The number of likely N-dealkylation sites (tertiary alicyclic amines) is 1. The zero-order valence-electron chi connectivity index (χ0n) is 12.9. The van der Waals surface area contributed by atoms with E-state index in [2.05, 4.69) is 0 Å². The summed E-state index contributed by atoms with van der Waals surface area (Å²) in [6.07, 6.45) is 2.79. The van der Waals surface area contributed by atoms with Gasteiger partial charge in [-0.25, -0.2) is 8.42 Å². The van der Waals surface area contributed by atoms with E-state index in [9.17, 15) is 13.2 Å². The van der Waals surface area contributed by atoms with Crippen LogP contribution in [0.5, 0.6) is 5.75 Å². The number of hydrogen-bond acceptors (Lipinski definition) is 4. The molecule has 1 fully saturated rings. The quantitative estimate of drug-likeness (QED) is 0.809. The minimum absolute atomic E-state index is 0.0706. The summed E-state index contributed by atoms with van der Waals surface area (Å²) in [6.45, 7) is 1.67. The molecule has 2 heterocycles. The molecular weight excluding hydrogens is 340 g/mol. The van der Waals surface area contributed by atoms with Gasteiger partial charge in [-0.15, -0.1) is 0 Å². The van der Waals surface area contributed by atoms with Crippen LogP contribution in [0.4, 0.5) is 5.69 Å². The lowest BCUT2D eigenvalue weighted by atomic mass is 10.2. The predicted molar refractivity (Wildman–Crippen MR) is 88.5 cm³/mol. The first-order valence-corrected chi connectivity index (χ1v) is 9.81. The zero-order valence-corrected chi connectivity index (χ0v) is 14.4. The number of ether oxygens (including phenoxy) is 1. The van der Waals surface area contributed by atoms with E-state index in [1.165, 1.54) is 4.31 Å². The van der Waals surface area contributed by atoms with Gasteiger partial charge in [-0.05, 0) is 31.0 Å². The van der Waals surface area contributed by atoms with Crippen molar-refractivity contribution < 1.29 is 17.9 Å². The number of benzene rings is 1. The third-order valence-electron chi connectivity index (χ3n) is 4.15. The average Bonchev–Trinajstić information content (AvgIpc) is 2.93. The molecule has 1 aromatic rings. The van der Waals surface area contributed by atoms with E-state index in [0.29, 0.717) is 22.9 Å². The molecule has 0 N–H and O–H groups in total. The fourth-order valence-electron chi connectivity index (χ4n) is 3.01. The number of rotatable bonds is 2. The maximum absolute atomic E-state index is 12.6. The SMILES string of the molecule is CS(=O)(=O)N1CC[C@@H](C(=O)N2CCCC2)Oc2ccc(Cl)cc21. The van der Waals surface area contributed by atoms with Gasteiger partial charge in [-0.3, -0.25) is 9.10 Å². The number of carbonyl (C=O) groups is 1. The van der Waals surface area contributed by atoms with Crippen LogP contribution in [0.15, 0.2) is 18.2 Å². The van der Waals surface area contributed by atoms with Crippen LogP contribution in [0.1, 0.15) is 19.3 Å². The number of halogens is 1. The third-order valence-corrected chi connectivity index (χ3v) is 5.56. The Labute approximate surface area is 141 Å². The number of anilines is 1. The molecule has 6 nitrogen and oxygen atoms in total. The maximum Gasteiger partial charge on any atom is 0.263 e. The molecule has 1 aromatic carbocycles. The van der Waals surface area contributed by atoms with Crippen molar-refractivity contribution in [3.05, 3.63) is 23.2 Å². The van der Waals surface area contributed by atoms with Crippen LogP contribution in [-0.2, 0) is 14.8 Å². The second-order valence-corrected chi connectivity index (χ2v) is 8.22. The lowest BCUT2D eigenvalue weighted by molar-refractivity contribution is -0.137. The maximum atomic E-state index is 12.6. The topological polar surface area (TPSA) is 66.9 Å². The summed E-state index contributed by atoms with van der Waals surface area (Å²) in [5.74, 6) is 0.300. The summed E-state index contributed by atoms with van der Waals surface area (Å²) >= 11 is 6.00. The molecule has 2 aliphatic heterocycles. The monoisotopic (exact) mass is 358 g/mol. The van der Waals surface area contributed by atoms with Crippen molar-refractivity contribution in [2.75, 3.05) is 30.2 Å². The van der Waals surface area contributed by atoms with Gasteiger partial charge in [0, 0.05) is 31.1 Å². The summed E-state index contributed by atoms with van der Waals surface area (Å²) in [5, 5.41) is 0.422. The molecule has 0 radical (unpaired) electrons. The smallest absolute Gasteiger partial charge is 0.263 e. The van der Waals surface area contributed by atoms with Crippen molar-refractivity contribution >= 4 is 33.2 Å². The Bertz CT molecular complexity index is 716. The average molecular weight is 359 g/mol. The van der Waals surface area contributed by atoms with Gasteiger partial charge in [0.15, 0.2) is 6.10 Å². The first kappa shape index (κ1) is 16.4. The van der Waals surface area contributed by atoms with E-state index in [1.54, 1.807) is 23.1 Å². The van der Waals surface area contributed by atoms with Crippen LogP contribution in [0, 0.1) is 0 Å². The van der Waals surface area contributed by atoms with Gasteiger partial charge in [0.1, 0.15) is 5.75 Å². The van der Waals surface area contributed by atoms with Gasteiger partial charge < -0.3 is 9.64 Å². The molecule has 0 aliphatic carbocycles. The zero-order chi connectivity index (χ0) is 16.6. The van der Waals surface area contributed by atoms with Gasteiger partial charge in [-0.1, -0.05) is 11.6 Å². The summed E-state index contributed by atoms with van der Waals surface area (Å²) in [7, 11) is -3.48. The fraction of sp³-hybridized carbons (Fsp3) is 0.533. The molecule has 0 unspecified atom stereocenters. The highest BCUT2D eigenvalue weighted by atomic mass is 35.5. The Kier molecular flexibility index (Phi) is 4.42. The molecule has 126 valence electrons. The second kappa shape index (κ2) is 6.20. The number of carbonyl (C=O) groups excluding carboxylic acids is 1. The van der Waals surface area contributed by atoms with Crippen LogP contribution in [0.3, 0.4) is 0 Å². The number of nitrogens with zero attached hydrogens (tertiary/aromatic N) is 2. The van der Waals surface area contributed by atoms with Crippen molar-refractivity contribution in [1.82, 2.24) is 4.90 Å². The van der Waals surface area contributed by atoms with Crippen LogP contribution in [-0.4, -0.2) is 51.2 Å². The normalized spacial score (nSPS) is 21.6. The first-order chi connectivity index (χ1) is 10.9. The van der Waals surface area contributed by atoms with E-state index in [1.807, 2.05) is 0 Å². The van der Waals surface area contributed by atoms with Crippen molar-refractivity contribution in [2.45, 2.75) is 25.4 Å². The molecular formula is C15H19ClN2O4S. The molecule has 0 spiro atoms. The minimum Gasteiger partial charge on any atom is -0.478 e. The highest BCUT2D eigenvalue weighted by molar-refractivity contribution is 7.92. The van der Waals surface area contributed by atoms with Crippen molar-refractivity contribution in [3.63, 3.8) is 0 Å². The lowest BCUT2D eigenvalue weighted by Crippen LogP contribution is -2.41. The Balaban J connectivity index is 1.93. The number of hydrogen-bond donors (Lipinski definition) is 0. The van der Waals surface area contributed by atoms with Crippen molar-refractivity contribution in [1.29, 1.82) is 0 Å². The molecule has 0 bridgehead atoms. The Hall–Kier alpha value is -1.47. The molecule has 3 rings (SSSR count). The van der Waals surface area contributed by atoms with Crippen LogP contribution < -0.4 is 9.04 Å². The lowest BCUT2D eigenvalue weighted by Gasteiger charge is -2.22. The summed E-state index contributed by atoms with van der Waals surface area (Å²) in [5.41, 5.74) is 0.386. The molecule has 1 amide bonds.